The van der Waals surface area contributed by atoms with E-state index in [0.717, 1.165) is 16.8 Å². The number of aryl methyl sites for hydroxylation is 1. The van der Waals surface area contributed by atoms with Gasteiger partial charge >= 0.3 is 0 Å². The molecule has 2 aromatic rings. The Kier molecular flexibility index (Phi) is 3.09. The van der Waals surface area contributed by atoms with Gasteiger partial charge in [0, 0.05) is 16.8 Å². The van der Waals surface area contributed by atoms with Crippen LogP contribution in [0.3, 0.4) is 0 Å². The average molecular weight is 227 g/mol. The van der Waals surface area contributed by atoms with Crippen LogP contribution in [0.15, 0.2) is 30.3 Å². The lowest BCUT2D eigenvalue weighted by molar-refractivity contribution is 0.836. The zero-order valence-corrected chi connectivity index (χ0v) is 10.4. The van der Waals surface area contributed by atoms with Crippen LogP contribution in [0, 0.1) is 6.92 Å². The van der Waals surface area contributed by atoms with Gasteiger partial charge in [-0.1, -0.05) is 44.2 Å². The van der Waals surface area contributed by atoms with Gasteiger partial charge in [0.25, 0.3) is 0 Å². The quantitative estimate of drug-likeness (QED) is 0.857. The molecule has 0 atom stereocenters. The summed E-state index contributed by atoms with van der Waals surface area (Å²) in [4.78, 5) is 8.93. The summed E-state index contributed by atoms with van der Waals surface area (Å²) >= 11 is 0. The maximum Gasteiger partial charge on any atom is 0.161 e. The van der Waals surface area contributed by atoms with E-state index in [1.54, 1.807) is 0 Å². The molecule has 0 radical (unpaired) electrons. The van der Waals surface area contributed by atoms with Gasteiger partial charge in [0.05, 0.1) is 0 Å². The molecule has 3 nitrogen and oxygen atoms in total. The smallest absolute Gasteiger partial charge is 0.161 e. The second-order valence-electron chi connectivity index (χ2n) is 4.45. The first kappa shape index (κ1) is 11.6. The lowest BCUT2D eigenvalue weighted by atomic mass is 10.0. The predicted molar refractivity (Wildman–Crippen MR) is 70.7 cm³/mol. The van der Waals surface area contributed by atoms with Gasteiger partial charge < -0.3 is 5.73 Å². The molecule has 17 heavy (non-hydrogen) atoms. The Morgan fingerprint density at radius 3 is 2.24 bits per heavy atom. The van der Waals surface area contributed by atoms with E-state index >= 15 is 0 Å². The molecule has 0 fully saturated rings. The van der Waals surface area contributed by atoms with E-state index in [-0.39, 0.29) is 0 Å². The maximum atomic E-state index is 6.01. The summed E-state index contributed by atoms with van der Waals surface area (Å²) in [5, 5.41) is 0. The van der Waals surface area contributed by atoms with E-state index in [1.807, 2.05) is 37.3 Å². The Morgan fingerprint density at radius 2 is 1.71 bits per heavy atom. The van der Waals surface area contributed by atoms with Crippen molar-refractivity contribution in [1.29, 1.82) is 0 Å². The van der Waals surface area contributed by atoms with Crippen LogP contribution < -0.4 is 5.73 Å². The zero-order valence-electron chi connectivity index (χ0n) is 10.4. The molecule has 0 saturated carbocycles. The first-order valence-corrected chi connectivity index (χ1v) is 5.79. The summed E-state index contributed by atoms with van der Waals surface area (Å²) in [6.45, 7) is 6.19. The third kappa shape index (κ3) is 2.28. The summed E-state index contributed by atoms with van der Waals surface area (Å²) in [5.74, 6) is 1.64. The van der Waals surface area contributed by atoms with E-state index < -0.39 is 0 Å². The van der Waals surface area contributed by atoms with Crippen LogP contribution in [-0.2, 0) is 0 Å². The van der Waals surface area contributed by atoms with E-state index in [4.69, 9.17) is 5.73 Å². The number of nitrogens with zero attached hydrogens (tertiary/aromatic N) is 2. The van der Waals surface area contributed by atoms with E-state index in [1.165, 1.54) is 0 Å². The normalized spacial score (nSPS) is 10.8. The second kappa shape index (κ2) is 4.53. The van der Waals surface area contributed by atoms with Gasteiger partial charge in [-0.15, -0.1) is 0 Å². The monoisotopic (exact) mass is 227 g/mol. The van der Waals surface area contributed by atoms with Gasteiger partial charge in [0.1, 0.15) is 5.82 Å². The van der Waals surface area contributed by atoms with E-state index in [2.05, 4.69) is 23.8 Å². The van der Waals surface area contributed by atoms with E-state index in [0.29, 0.717) is 17.6 Å². The largest absolute Gasteiger partial charge is 0.383 e. The average Bonchev–Trinajstić information content (AvgIpc) is 2.28. The van der Waals surface area contributed by atoms with Crippen LogP contribution in [0.25, 0.3) is 11.4 Å². The fraction of sp³-hybridized carbons (Fsp3) is 0.286. The van der Waals surface area contributed by atoms with E-state index in [9.17, 15) is 0 Å². The van der Waals surface area contributed by atoms with Gasteiger partial charge in [0.2, 0.25) is 0 Å². The highest BCUT2D eigenvalue weighted by Crippen LogP contribution is 2.25. The van der Waals surface area contributed by atoms with Gasteiger partial charge in [-0.05, 0) is 12.8 Å². The van der Waals surface area contributed by atoms with Crippen molar-refractivity contribution < 1.29 is 0 Å². The molecule has 1 aromatic heterocycles. The van der Waals surface area contributed by atoms with Crippen LogP contribution in [-0.4, -0.2) is 9.97 Å². The van der Waals surface area contributed by atoms with Crippen molar-refractivity contribution in [2.24, 2.45) is 0 Å². The minimum Gasteiger partial charge on any atom is -0.383 e. The highest BCUT2D eigenvalue weighted by atomic mass is 15.0. The zero-order chi connectivity index (χ0) is 12.4. The molecule has 0 amide bonds. The molecule has 0 aliphatic carbocycles. The maximum absolute atomic E-state index is 6.01. The number of nitrogen functional groups attached to an aromatic ring is 1. The molecule has 1 aromatic carbocycles. The number of nitrogens with two attached hydrogens (primary N) is 1. The summed E-state index contributed by atoms with van der Waals surface area (Å²) < 4.78 is 0. The molecule has 1 heterocycles. The molecule has 0 aliphatic heterocycles. The van der Waals surface area contributed by atoms with Gasteiger partial charge in [0.15, 0.2) is 5.82 Å². The number of anilines is 1. The highest BCUT2D eigenvalue weighted by Gasteiger charge is 2.12. The summed E-state index contributed by atoms with van der Waals surface area (Å²) in [7, 11) is 0. The van der Waals surface area contributed by atoms with Crippen molar-refractivity contribution in [2.75, 3.05) is 5.73 Å². The highest BCUT2D eigenvalue weighted by molar-refractivity contribution is 5.59. The van der Waals surface area contributed by atoms with Crippen molar-refractivity contribution >= 4 is 5.82 Å². The third-order valence-electron chi connectivity index (χ3n) is 2.78. The third-order valence-corrected chi connectivity index (χ3v) is 2.78. The summed E-state index contributed by atoms with van der Waals surface area (Å²) in [6.07, 6.45) is 0. The van der Waals surface area contributed by atoms with Crippen LogP contribution in [0.4, 0.5) is 5.82 Å². The van der Waals surface area contributed by atoms with Crippen molar-refractivity contribution in [3.63, 3.8) is 0 Å². The number of rotatable bonds is 2. The Bertz CT molecular complexity index is 495. The Hall–Kier alpha value is -1.90. The van der Waals surface area contributed by atoms with Crippen LogP contribution in [0.2, 0.25) is 0 Å². The molecule has 0 spiro atoms. The van der Waals surface area contributed by atoms with Crippen LogP contribution >= 0.6 is 0 Å². The molecule has 0 aliphatic rings. The first-order chi connectivity index (χ1) is 8.09. The molecule has 2 N–H and O–H groups in total. The molecular weight excluding hydrogens is 210 g/mol. The fourth-order valence-electron chi connectivity index (χ4n) is 2.03. The number of hydrogen-bond donors (Lipinski definition) is 1. The molecule has 0 saturated heterocycles. The minimum absolute atomic E-state index is 0.347. The minimum atomic E-state index is 0.347. The number of hydrogen-bond acceptors (Lipinski definition) is 3. The summed E-state index contributed by atoms with van der Waals surface area (Å²) in [5.41, 5.74) is 9.02. The van der Waals surface area contributed by atoms with Gasteiger partial charge in [-0.3, -0.25) is 0 Å². The lowest BCUT2D eigenvalue weighted by Crippen LogP contribution is -2.06. The standard InChI is InChI=1S/C14H17N3/c1-9(2)12-10(3)16-14(17-13(12)15)11-7-5-4-6-8-11/h4-9H,1-3H3,(H2,15,16,17). The number of benzene rings is 1. The summed E-state index contributed by atoms with van der Waals surface area (Å²) in [6, 6.07) is 9.90. The fourth-order valence-corrected chi connectivity index (χ4v) is 2.03. The Labute approximate surface area is 102 Å². The van der Waals surface area contributed by atoms with Crippen molar-refractivity contribution in [2.45, 2.75) is 26.7 Å². The Balaban J connectivity index is 2.53. The van der Waals surface area contributed by atoms with Crippen molar-refractivity contribution in [1.82, 2.24) is 9.97 Å². The SMILES string of the molecule is Cc1nc(-c2ccccc2)nc(N)c1C(C)C. The first-order valence-electron chi connectivity index (χ1n) is 5.79. The molecule has 3 heteroatoms. The molecule has 0 bridgehead atoms. The molecular formula is C14H17N3. The van der Waals surface area contributed by atoms with Crippen LogP contribution in [0.1, 0.15) is 31.0 Å². The van der Waals surface area contributed by atoms with Crippen molar-refractivity contribution in [3.05, 3.63) is 41.6 Å². The predicted octanol–water partition coefficient (Wildman–Crippen LogP) is 3.16. The topological polar surface area (TPSA) is 51.8 Å². The molecule has 88 valence electrons. The second-order valence-corrected chi connectivity index (χ2v) is 4.45. The molecule has 2 rings (SSSR count). The van der Waals surface area contributed by atoms with Gasteiger partial charge in [-0.2, -0.15) is 0 Å². The van der Waals surface area contributed by atoms with Crippen LogP contribution in [0.5, 0.6) is 0 Å². The van der Waals surface area contributed by atoms with Crippen molar-refractivity contribution in [3.8, 4) is 11.4 Å². The van der Waals surface area contributed by atoms with Gasteiger partial charge in [-0.25, -0.2) is 9.97 Å². The number of aromatic nitrogens is 2. The Morgan fingerprint density at radius 1 is 1.06 bits per heavy atom. The molecule has 0 unspecified atom stereocenters. The lowest BCUT2D eigenvalue weighted by Gasteiger charge is -2.13.